The molecular weight excluding hydrogens is 540 g/mol. The summed E-state index contributed by atoms with van der Waals surface area (Å²) in [5, 5.41) is 17.2. The third-order valence-corrected chi connectivity index (χ3v) is 7.48. The highest BCUT2D eigenvalue weighted by molar-refractivity contribution is 7.99. The number of rotatable bonds is 11. The molecule has 0 radical (unpaired) electrons. The summed E-state index contributed by atoms with van der Waals surface area (Å²) in [4.78, 5) is 29.7. The molecule has 39 heavy (non-hydrogen) atoms. The van der Waals surface area contributed by atoms with E-state index in [1.165, 1.54) is 44.4 Å². The highest BCUT2D eigenvalue weighted by Gasteiger charge is 2.21. The van der Waals surface area contributed by atoms with Gasteiger partial charge in [-0.05, 0) is 43.2 Å². The normalized spacial score (nSPS) is 10.7. The van der Waals surface area contributed by atoms with Crippen molar-refractivity contribution in [3.05, 3.63) is 64.4 Å². The molecule has 4 rings (SSSR count). The van der Waals surface area contributed by atoms with Crippen molar-refractivity contribution in [2.24, 2.45) is 0 Å². The molecule has 2 heterocycles. The first-order chi connectivity index (χ1) is 18.9. The Labute approximate surface area is 233 Å². The van der Waals surface area contributed by atoms with Crippen molar-refractivity contribution in [1.82, 2.24) is 25.1 Å². The zero-order valence-corrected chi connectivity index (χ0v) is 23.7. The molecule has 0 aliphatic carbocycles. The van der Waals surface area contributed by atoms with E-state index in [1.54, 1.807) is 23.7 Å². The number of carbonyl (C=O) groups excluding carboxylic acids is 2. The Bertz CT molecular complexity index is 1450. The monoisotopic (exact) mass is 568 g/mol. The topological polar surface area (TPSA) is 129 Å². The number of benzene rings is 2. The van der Waals surface area contributed by atoms with Gasteiger partial charge in [0.2, 0.25) is 11.7 Å². The predicted octanol–water partition coefficient (Wildman–Crippen LogP) is 4.03. The summed E-state index contributed by atoms with van der Waals surface area (Å²) >= 11 is 2.59. The minimum absolute atomic E-state index is 0.0851. The zero-order chi connectivity index (χ0) is 27.9. The molecule has 4 aromatic rings. The fourth-order valence-corrected chi connectivity index (χ4v) is 5.08. The van der Waals surface area contributed by atoms with E-state index in [0.29, 0.717) is 38.9 Å². The number of thioether (sulfide) groups is 1. The van der Waals surface area contributed by atoms with E-state index in [-0.39, 0.29) is 24.1 Å². The van der Waals surface area contributed by atoms with Crippen LogP contribution in [0.25, 0.3) is 5.69 Å². The van der Waals surface area contributed by atoms with Gasteiger partial charge in [-0.1, -0.05) is 23.9 Å². The molecule has 2 amide bonds. The summed E-state index contributed by atoms with van der Waals surface area (Å²) in [5.74, 6) is 1.19. The zero-order valence-electron chi connectivity index (χ0n) is 22.1. The summed E-state index contributed by atoms with van der Waals surface area (Å²) < 4.78 is 17.9. The predicted molar refractivity (Wildman–Crippen MR) is 150 cm³/mol. The third kappa shape index (κ3) is 6.32. The Kier molecular flexibility index (Phi) is 9.04. The second-order valence-corrected chi connectivity index (χ2v) is 10.1. The number of anilines is 1. The number of carbonyl (C=O) groups is 2. The van der Waals surface area contributed by atoms with Crippen LogP contribution in [0.4, 0.5) is 5.13 Å². The molecule has 0 unspecified atom stereocenters. The van der Waals surface area contributed by atoms with E-state index in [0.717, 1.165) is 16.8 Å². The molecule has 0 atom stereocenters. The van der Waals surface area contributed by atoms with Gasteiger partial charge in [-0.2, -0.15) is 0 Å². The fourth-order valence-electron chi connectivity index (χ4n) is 3.77. The van der Waals surface area contributed by atoms with Crippen LogP contribution in [0.3, 0.4) is 0 Å². The number of nitrogens with zero attached hydrogens (tertiary/aromatic N) is 4. The van der Waals surface area contributed by atoms with Gasteiger partial charge in [0.25, 0.3) is 5.91 Å². The minimum Gasteiger partial charge on any atom is -0.493 e. The van der Waals surface area contributed by atoms with Gasteiger partial charge in [-0.25, -0.2) is 4.98 Å². The van der Waals surface area contributed by atoms with Crippen molar-refractivity contribution < 1.29 is 23.8 Å². The largest absolute Gasteiger partial charge is 0.493 e. The average Bonchev–Trinajstić information content (AvgIpc) is 3.60. The quantitative estimate of drug-likeness (QED) is 0.258. The minimum atomic E-state index is -0.359. The first-order valence-electron chi connectivity index (χ1n) is 11.8. The van der Waals surface area contributed by atoms with Gasteiger partial charge in [-0.3, -0.25) is 14.2 Å². The van der Waals surface area contributed by atoms with Crippen LogP contribution in [0.5, 0.6) is 17.2 Å². The van der Waals surface area contributed by atoms with E-state index < -0.39 is 0 Å². The summed E-state index contributed by atoms with van der Waals surface area (Å²) in [6, 6.07) is 9.07. The van der Waals surface area contributed by atoms with E-state index >= 15 is 0 Å². The van der Waals surface area contributed by atoms with Gasteiger partial charge in [-0.15, -0.1) is 21.5 Å². The number of amides is 2. The molecule has 0 fully saturated rings. The molecule has 0 saturated carbocycles. The van der Waals surface area contributed by atoms with Crippen LogP contribution < -0.4 is 24.8 Å². The molecule has 2 aromatic carbocycles. The van der Waals surface area contributed by atoms with Crippen LogP contribution in [0.1, 0.15) is 27.3 Å². The van der Waals surface area contributed by atoms with Crippen LogP contribution >= 0.6 is 23.1 Å². The number of hydrogen-bond acceptors (Lipinski definition) is 10. The van der Waals surface area contributed by atoms with Crippen molar-refractivity contribution >= 4 is 40.0 Å². The second kappa shape index (κ2) is 12.6. The molecule has 204 valence electrons. The van der Waals surface area contributed by atoms with Crippen LogP contribution in [0.15, 0.2) is 47.1 Å². The third-order valence-electron chi connectivity index (χ3n) is 5.86. The summed E-state index contributed by atoms with van der Waals surface area (Å²) in [6.45, 7) is 4.11. The SMILES string of the molecule is COc1cc(C(=O)NCc2nnc(SCC(=O)Nc3nccs3)n2-c2cccc(C)c2C)cc(OC)c1OC. The van der Waals surface area contributed by atoms with Crippen LogP contribution in [-0.2, 0) is 11.3 Å². The van der Waals surface area contributed by atoms with Crippen molar-refractivity contribution in [3.63, 3.8) is 0 Å². The molecule has 13 heteroatoms. The average molecular weight is 569 g/mol. The van der Waals surface area contributed by atoms with Crippen molar-refractivity contribution in [3.8, 4) is 22.9 Å². The molecule has 0 aliphatic rings. The van der Waals surface area contributed by atoms with Crippen LogP contribution in [0.2, 0.25) is 0 Å². The molecule has 2 aromatic heterocycles. The van der Waals surface area contributed by atoms with Crippen LogP contribution in [-0.4, -0.2) is 58.6 Å². The smallest absolute Gasteiger partial charge is 0.251 e. The first-order valence-corrected chi connectivity index (χ1v) is 13.6. The second-order valence-electron chi connectivity index (χ2n) is 8.22. The highest BCUT2D eigenvalue weighted by atomic mass is 32.2. The number of ether oxygens (including phenoxy) is 3. The van der Waals surface area contributed by atoms with Crippen molar-refractivity contribution in [2.45, 2.75) is 25.5 Å². The van der Waals surface area contributed by atoms with E-state index in [1.807, 2.05) is 36.6 Å². The number of aromatic nitrogens is 4. The Balaban J connectivity index is 1.58. The standard InChI is InChI=1S/C26H28N6O5S2/c1-15-7-6-8-18(16(15)2)32-21(30-31-26(32)39-14-22(33)29-25-27-9-10-38-25)13-28-24(34)17-11-19(35-3)23(37-5)20(12-17)36-4/h6-12H,13-14H2,1-5H3,(H,28,34)(H,27,29,33). The fraction of sp³-hybridized carbons (Fsp3) is 0.269. The van der Waals surface area contributed by atoms with Gasteiger partial charge >= 0.3 is 0 Å². The first kappa shape index (κ1) is 27.9. The lowest BCUT2D eigenvalue weighted by atomic mass is 10.1. The highest BCUT2D eigenvalue weighted by Crippen LogP contribution is 2.38. The summed E-state index contributed by atoms with van der Waals surface area (Å²) in [7, 11) is 4.47. The van der Waals surface area contributed by atoms with Gasteiger partial charge < -0.3 is 24.8 Å². The van der Waals surface area contributed by atoms with E-state index in [4.69, 9.17) is 14.2 Å². The van der Waals surface area contributed by atoms with Gasteiger partial charge in [0.1, 0.15) is 0 Å². The van der Waals surface area contributed by atoms with Crippen molar-refractivity contribution in [2.75, 3.05) is 32.4 Å². The van der Waals surface area contributed by atoms with Crippen LogP contribution in [0, 0.1) is 13.8 Å². The number of aryl methyl sites for hydroxylation is 1. The van der Waals surface area contributed by atoms with E-state index in [9.17, 15) is 9.59 Å². The lowest BCUT2D eigenvalue weighted by Crippen LogP contribution is -2.25. The Morgan fingerprint density at radius 1 is 1.05 bits per heavy atom. The molecule has 0 bridgehead atoms. The van der Waals surface area contributed by atoms with Gasteiger partial charge in [0.05, 0.1) is 39.3 Å². The molecule has 2 N–H and O–H groups in total. The van der Waals surface area contributed by atoms with E-state index in [2.05, 4.69) is 25.8 Å². The van der Waals surface area contributed by atoms with Crippen molar-refractivity contribution in [1.29, 1.82) is 0 Å². The molecule has 0 aliphatic heterocycles. The maximum atomic E-state index is 13.1. The number of thiazole rings is 1. The number of methoxy groups -OCH3 is 3. The molecular formula is C26H28N6O5S2. The molecule has 11 nitrogen and oxygen atoms in total. The maximum absolute atomic E-state index is 13.1. The molecule has 0 saturated heterocycles. The van der Waals surface area contributed by atoms with Gasteiger partial charge in [0.15, 0.2) is 27.6 Å². The lowest BCUT2D eigenvalue weighted by Gasteiger charge is -2.15. The Morgan fingerprint density at radius 2 is 1.79 bits per heavy atom. The lowest BCUT2D eigenvalue weighted by molar-refractivity contribution is -0.113. The number of hydrogen-bond donors (Lipinski definition) is 2. The summed E-state index contributed by atoms with van der Waals surface area (Å²) in [5.41, 5.74) is 3.31. The van der Waals surface area contributed by atoms with Gasteiger partial charge in [0, 0.05) is 17.1 Å². The molecule has 0 spiro atoms. The summed E-state index contributed by atoms with van der Waals surface area (Å²) in [6.07, 6.45) is 1.63. The Morgan fingerprint density at radius 3 is 2.44 bits per heavy atom. The number of nitrogens with one attached hydrogen (secondary N) is 2. The Hall–Kier alpha value is -4.10. The maximum Gasteiger partial charge on any atom is 0.251 e.